The van der Waals surface area contributed by atoms with Crippen molar-refractivity contribution in [3.63, 3.8) is 0 Å². The molecule has 25 heavy (non-hydrogen) atoms. The average Bonchev–Trinajstić information content (AvgIpc) is 2.93. The first-order valence-electron chi connectivity index (χ1n) is 7.61. The molecule has 2 amide bonds. The van der Waals surface area contributed by atoms with Crippen LogP contribution in [-0.2, 0) is 9.53 Å². The van der Waals surface area contributed by atoms with Crippen molar-refractivity contribution in [1.29, 1.82) is 0 Å². The number of aromatic amines is 2. The summed E-state index contributed by atoms with van der Waals surface area (Å²) >= 11 is 0. The van der Waals surface area contributed by atoms with Gasteiger partial charge in [0, 0.05) is 13.1 Å². The first-order valence-corrected chi connectivity index (χ1v) is 7.61. The van der Waals surface area contributed by atoms with Crippen LogP contribution in [0.1, 0.15) is 20.8 Å². The van der Waals surface area contributed by atoms with Gasteiger partial charge in [0.05, 0.1) is 6.33 Å². The van der Waals surface area contributed by atoms with E-state index in [1.807, 2.05) is 0 Å². The number of rotatable bonds is 5. The highest BCUT2D eigenvalue weighted by atomic mass is 16.6. The molecule has 0 spiro atoms. The number of hydrogen-bond acceptors (Lipinski definition) is 7. The van der Waals surface area contributed by atoms with Crippen molar-refractivity contribution in [3.05, 3.63) is 16.7 Å². The summed E-state index contributed by atoms with van der Waals surface area (Å²) in [6, 6.07) is 0. The largest absolute Gasteiger partial charge is 0.444 e. The van der Waals surface area contributed by atoms with Crippen LogP contribution >= 0.6 is 0 Å². The van der Waals surface area contributed by atoms with Crippen LogP contribution in [0.25, 0.3) is 11.2 Å². The first kappa shape index (κ1) is 18.4. The summed E-state index contributed by atoms with van der Waals surface area (Å²) in [5.74, 6) is -0.621. The molecular weight excluding hydrogens is 330 g/mol. The summed E-state index contributed by atoms with van der Waals surface area (Å²) in [7, 11) is 0. The summed E-state index contributed by atoms with van der Waals surface area (Å²) in [5, 5.41) is 2.42. The monoisotopic (exact) mass is 351 g/mol. The summed E-state index contributed by atoms with van der Waals surface area (Å²) < 4.78 is 5.23. The number of amides is 2. The van der Waals surface area contributed by atoms with Gasteiger partial charge in [0.25, 0.3) is 5.56 Å². The Hall–Kier alpha value is -2.95. The number of hydrogen-bond donors (Lipinski definition) is 4. The molecule has 0 fully saturated rings. The molecule has 2 heterocycles. The Bertz CT molecular complexity index is 820. The standard InChI is InChI=1S/C14H21N7O4/c1-14(2,3)25-13(24)21(5-4-15)6-8(22)18-12-19-10-9(11(23)20-12)16-7-17-10/h7H,4-6,15H2,1-3H3,(H3,16,17,18,19,20,22,23). The Morgan fingerprint density at radius 3 is 2.76 bits per heavy atom. The molecule has 0 bridgehead atoms. The SMILES string of the molecule is CC(C)(C)OC(=O)N(CCN)CC(=O)Nc1nc2nc[nH]c2c(=O)[nH]1. The van der Waals surface area contributed by atoms with E-state index in [-0.39, 0.29) is 36.7 Å². The van der Waals surface area contributed by atoms with Crippen molar-refractivity contribution in [1.82, 2.24) is 24.8 Å². The van der Waals surface area contributed by atoms with Crippen molar-refractivity contribution in [3.8, 4) is 0 Å². The number of ether oxygens (including phenoxy) is 1. The lowest BCUT2D eigenvalue weighted by Gasteiger charge is -2.26. The van der Waals surface area contributed by atoms with E-state index in [1.54, 1.807) is 20.8 Å². The molecule has 0 aliphatic heterocycles. The van der Waals surface area contributed by atoms with Gasteiger partial charge in [0.15, 0.2) is 11.2 Å². The molecule has 0 unspecified atom stereocenters. The van der Waals surface area contributed by atoms with Gasteiger partial charge in [0.1, 0.15) is 12.1 Å². The van der Waals surface area contributed by atoms with Gasteiger partial charge in [-0.1, -0.05) is 0 Å². The second-order valence-corrected chi connectivity index (χ2v) is 6.25. The van der Waals surface area contributed by atoms with Gasteiger partial charge in [-0.05, 0) is 20.8 Å². The van der Waals surface area contributed by atoms with Crippen molar-refractivity contribution in [2.45, 2.75) is 26.4 Å². The van der Waals surface area contributed by atoms with Crippen LogP contribution in [0.2, 0.25) is 0 Å². The van der Waals surface area contributed by atoms with E-state index in [0.29, 0.717) is 0 Å². The van der Waals surface area contributed by atoms with Crippen LogP contribution < -0.4 is 16.6 Å². The van der Waals surface area contributed by atoms with Crippen LogP contribution in [0.15, 0.2) is 11.1 Å². The zero-order valence-corrected chi connectivity index (χ0v) is 14.3. The Kier molecular flexibility index (Phi) is 5.37. The minimum atomic E-state index is -0.696. The van der Waals surface area contributed by atoms with E-state index >= 15 is 0 Å². The number of aromatic nitrogens is 4. The highest BCUT2D eigenvalue weighted by Crippen LogP contribution is 2.10. The summed E-state index contributed by atoms with van der Waals surface area (Å²) in [5.41, 5.74) is 4.69. The van der Waals surface area contributed by atoms with E-state index in [1.165, 1.54) is 11.2 Å². The van der Waals surface area contributed by atoms with Gasteiger partial charge in [-0.3, -0.25) is 24.8 Å². The fraction of sp³-hybridized carbons (Fsp3) is 0.500. The van der Waals surface area contributed by atoms with Crippen molar-refractivity contribution < 1.29 is 14.3 Å². The molecule has 0 saturated heterocycles. The van der Waals surface area contributed by atoms with Crippen molar-refractivity contribution in [2.24, 2.45) is 5.73 Å². The molecular formula is C14H21N7O4. The van der Waals surface area contributed by atoms with E-state index < -0.39 is 23.2 Å². The van der Waals surface area contributed by atoms with Crippen LogP contribution in [-0.4, -0.2) is 62.1 Å². The smallest absolute Gasteiger partial charge is 0.410 e. The molecule has 2 rings (SSSR count). The van der Waals surface area contributed by atoms with Gasteiger partial charge in [-0.2, -0.15) is 4.98 Å². The van der Waals surface area contributed by atoms with Gasteiger partial charge in [0.2, 0.25) is 11.9 Å². The number of carbonyl (C=O) groups excluding carboxylic acids is 2. The van der Waals surface area contributed by atoms with E-state index in [0.717, 1.165) is 0 Å². The summed E-state index contributed by atoms with van der Waals surface area (Å²) in [4.78, 5) is 50.2. The van der Waals surface area contributed by atoms with Crippen LogP contribution in [0.5, 0.6) is 0 Å². The highest BCUT2D eigenvalue weighted by Gasteiger charge is 2.23. The quantitative estimate of drug-likeness (QED) is 0.579. The molecule has 0 aromatic carbocycles. The number of nitrogens with one attached hydrogen (secondary N) is 3. The molecule has 0 atom stereocenters. The first-order chi connectivity index (χ1) is 11.7. The maximum Gasteiger partial charge on any atom is 0.410 e. The van der Waals surface area contributed by atoms with Crippen LogP contribution in [0, 0.1) is 0 Å². The third-order valence-corrected chi connectivity index (χ3v) is 2.94. The van der Waals surface area contributed by atoms with E-state index in [4.69, 9.17) is 10.5 Å². The van der Waals surface area contributed by atoms with E-state index in [9.17, 15) is 14.4 Å². The topological polar surface area (TPSA) is 159 Å². The van der Waals surface area contributed by atoms with Gasteiger partial charge in [-0.25, -0.2) is 9.78 Å². The Morgan fingerprint density at radius 2 is 2.12 bits per heavy atom. The number of H-pyrrole nitrogens is 2. The van der Waals surface area contributed by atoms with Gasteiger partial charge in [-0.15, -0.1) is 0 Å². The van der Waals surface area contributed by atoms with Crippen molar-refractivity contribution in [2.75, 3.05) is 25.0 Å². The Morgan fingerprint density at radius 1 is 1.40 bits per heavy atom. The summed E-state index contributed by atoms with van der Waals surface area (Å²) in [6.07, 6.45) is 0.668. The molecule has 136 valence electrons. The normalized spacial score (nSPS) is 11.4. The minimum absolute atomic E-state index is 0.0634. The van der Waals surface area contributed by atoms with Crippen LogP contribution in [0.4, 0.5) is 10.7 Å². The Balaban J connectivity index is 2.07. The number of fused-ring (bicyclic) bond motifs is 1. The maximum atomic E-state index is 12.2. The van der Waals surface area contributed by atoms with Crippen molar-refractivity contribution >= 4 is 29.1 Å². The highest BCUT2D eigenvalue weighted by molar-refractivity contribution is 5.92. The molecule has 11 heteroatoms. The lowest BCUT2D eigenvalue weighted by molar-refractivity contribution is -0.117. The maximum absolute atomic E-state index is 12.2. The zero-order chi connectivity index (χ0) is 18.6. The molecule has 0 aliphatic carbocycles. The Labute approximate surface area is 143 Å². The minimum Gasteiger partial charge on any atom is -0.444 e. The molecule has 5 N–H and O–H groups in total. The number of carbonyl (C=O) groups is 2. The molecule has 0 radical (unpaired) electrons. The third kappa shape index (κ3) is 5.01. The number of nitrogens with zero attached hydrogens (tertiary/aromatic N) is 3. The zero-order valence-electron chi connectivity index (χ0n) is 14.3. The molecule has 2 aromatic heterocycles. The fourth-order valence-corrected chi connectivity index (χ4v) is 1.96. The fourth-order valence-electron chi connectivity index (χ4n) is 1.96. The number of anilines is 1. The lowest BCUT2D eigenvalue weighted by Crippen LogP contribution is -2.43. The second kappa shape index (κ2) is 7.30. The predicted molar refractivity (Wildman–Crippen MR) is 90.0 cm³/mol. The predicted octanol–water partition coefficient (Wildman–Crippen LogP) is -0.219. The van der Waals surface area contributed by atoms with Gasteiger partial charge < -0.3 is 15.5 Å². The lowest BCUT2D eigenvalue weighted by atomic mass is 10.2. The number of nitrogens with two attached hydrogens (primary N) is 1. The molecule has 11 nitrogen and oxygen atoms in total. The molecule has 2 aromatic rings. The molecule has 0 aliphatic rings. The molecule has 0 saturated carbocycles. The third-order valence-electron chi connectivity index (χ3n) is 2.94. The average molecular weight is 351 g/mol. The summed E-state index contributed by atoms with van der Waals surface area (Å²) in [6.45, 7) is 5.18. The second-order valence-electron chi connectivity index (χ2n) is 6.25. The van der Waals surface area contributed by atoms with E-state index in [2.05, 4.69) is 25.3 Å². The number of imidazole rings is 1. The van der Waals surface area contributed by atoms with Gasteiger partial charge >= 0.3 is 6.09 Å². The van der Waals surface area contributed by atoms with Crippen LogP contribution in [0.3, 0.4) is 0 Å².